The van der Waals surface area contributed by atoms with E-state index in [1.54, 1.807) is 13.2 Å². The molecular weight excluding hydrogens is 478 g/mol. The van der Waals surface area contributed by atoms with Gasteiger partial charge in [0.05, 0.1) is 7.11 Å². The molecule has 4 rings (SSSR count). The molecule has 1 saturated heterocycles. The summed E-state index contributed by atoms with van der Waals surface area (Å²) in [4.78, 5) is 15.1. The minimum atomic E-state index is -0.0112. The van der Waals surface area contributed by atoms with Gasteiger partial charge in [0.2, 0.25) is 0 Å². The third kappa shape index (κ3) is 6.26. The predicted molar refractivity (Wildman–Crippen MR) is 137 cm³/mol. The lowest BCUT2D eigenvalue weighted by atomic mass is 10.1. The molecule has 1 heterocycles. The third-order valence-electron chi connectivity index (χ3n) is 5.80. The van der Waals surface area contributed by atoms with Crippen molar-refractivity contribution in [2.45, 2.75) is 25.9 Å². The van der Waals surface area contributed by atoms with Crippen molar-refractivity contribution in [3.05, 3.63) is 94.0 Å². The Morgan fingerprint density at radius 3 is 2.52 bits per heavy atom. The molecule has 1 fully saturated rings. The van der Waals surface area contributed by atoms with Crippen LogP contribution in [-0.4, -0.2) is 26.0 Å². The molecule has 0 saturated carbocycles. The Balaban J connectivity index is 1.42. The quantitative estimate of drug-likeness (QED) is 0.246. The molecule has 0 aliphatic carbocycles. The maximum Gasteiger partial charge on any atom is 0.185 e. The van der Waals surface area contributed by atoms with Gasteiger partial charge in [-0.2, -0.15) is 0 Å². The molecular formula is C28H28BrNO3. The van der Waals surface area contributed by atoms with Crippen LogP contribution in [0, 0.1) is 0 Å². The molecule has 5 heteroatoms. The smallest absolute Gasteiger partial charge is 0.185 e. The highest BCUT2D eigenvalue weighted by molar-refractivity contribution is 9.10. The number of benzene rings is 3. The van der Waals surface area contributed by atoms with Crippen molar-refractivity contribution in [3.8, 4) is 11.5 Å². The normalized spacial score (nSPS) is 13.8. The Labute approximate surface area is 204 Å². The zero-order valence-corrected chi connectivity index (χ0v) is 20.4. The number of carbonyl (C=O) groups excluding carboxylic acids is 1. The molecule has 0 aromatic heterocycles. The number of hydrogen-bond donors (Lipinski definition) is 0. The summed E-state index contributed by atoms with van der Waals surface area (Å²) >= 11 is 3.46. The van der Waals surface area contributed by atoms with E-state index in [0.717, 1.165) is 40.2 Å². The second kappa shape index (κ2) is 11.2. The van der Waals surface area contributed by atoms with E-state index in [4.69, 9.17) is 9.47 Å². The van der Waals surface area contributed by atoms with Crippen molar-refractivity contribution in [1.82, 2.24) is 0 Å². The summed E-state index contributed by atoms with van der Waals surface area (Å²) < 4.78 is 12.4. The first-order valence-electron chi connectivity index (χ1n) is 11.2. The van der Waals surface area contributed by atoms with Crippen LogP contribution in [0.2, 0.25) is 0 Å². The van der Waals surface area contributed by atoms with Gasteiger partial charge in [-0.3, -0.25) is 4.79 Å². The number of halogens is 1. The van der Waals surface area contributed by atoms with Crippen LogP contribution in [0.3, 0.4) is 0 Å². The highest BCUT2D eigenvalue weighted by Gasteiger charge is 2.11. The van der Waals surface area contributed by atoms with E-state index in [1.807, 2.05) is 60.7 Å². The van der Waals surface area contributed by atoms with E-state index < -0.39 is 0 Å². The lowest BCUT2D eigenvalue weighted by Crippen LogP contribution is -2.29. The molecule has 0 unspecified atom stereocenters. The Morgan fingerprint density at radius 2 is 1.79 bits per heavy atom. The van der Waals surface area contributed by atoms with E-state index in [-0.39, 0.29) is 5.78 Å². The Kier molecular flexibility index (Phi) is 7.84. The molecule has 0 spiro atoms. The summed E-state index contributed by atoms with van der Waals surface area (Å²) in [5.41, 5.74) is 3.72. The van der Waals surface area contributed by atoms with Crippen molar-refractivity contribution >= 4 is 33.5 Å². The first-order chi connectivity index (χ1) is 16.1. The van der Waals surface area contributed by atoms with Crippen LogP contribution in [-0.2, 0) is 6.61 Å². The molecule has 33 heavy (non-hydrogen) atoms. The monoisotopic (exact) mass is 505 g/mol. The van der Waals surface area contributed by atoms with E-state index in [1.165, 1.54) is 24.9 Å². The van der Waals surface area contributed by atoms with E-state index in [0.29, 0.717) is 12.2 Å². The lowest BCUT2D eigenvalue weighted by molar-refractivity contribution is 0.104. The number of piperidine rings is 1. The SMILES string of the molecule is COc1ccc(/C=C/C(=O)c2ccc(N3CCCCC3)cc2)cc1COc1cccc(Br)c1. The number of methoxy groups -OCH3 is 1. The van der Waals surface area contributed by atoms with Crippen molar-refractivity contribution in [2.24, 2.45) is 0 Å². The summed E-state index contributed by atoms with van der Waals surface area (Å²) in [5, 5.41) is 0. The highest BCUT2D eigenvalue weighted by Crippen LogP contribution is 2.25. The molecule has 0 amide bonds. The Bertz CT molecular complexity index is 1120. The van der Waals surface area contributed by atoms with Crippen LogP contribution < -0.4 is 14.4 Å². The first-order valence-corrected chi connectivity index (χ1v) is 12.0. The molecule has 1 aliphatic heterocycles. The number of rotatable bonds is 8. The van der Waals surface area contributed by atoms with Gasteiger partial charge < -0.3 is 14.4 Å². The van der Waals surface area contributed by atoms with Crippen LogP contribution in [0.1, 0.15) is 40.7 Å². The van der Waals surface area contributed by atoms with Gasteiger partial charge in [-0.1, -0.05) is 34.1 Å². The standard InChI is InChI=1S/C28H28BrNO3/c1-32-28-15-9-21(18-23(28)20-33-26-7-5-6-24(29)19-26)8-14-27(31)22-10-12-25(13-11-22)30-16-3-2-4-17-30/h5-15,18-19H,2-4,16-17,20H2,1H3/b14-8+. The van der Waals surface area contributed by atoms with Gasteiger partial charge in [0, 0.05) is 34.4 Å². The summed E-state index contributed by atoms with van der Waals surface area (Å²) in [6.07, 6.45) is 7.24. The number of allylic oxidation sites excluding steroid dienone is 1. The molecule has 3 aromatic rings. The van der Waals surface area contributed by atoms with Crippen LogP contribution in [0.25, 0.3) is 6.08 Å². The lowest BCUT2D eigenvalue weighted by Gasteiger charge is -2.28. The fraction of sp³-hybridized carbons (Fsp3) is 0.250. The molecule has 170 valence electrons. The fourth-order valence-corrected chi connectivity index (χ4v) is 4.37. The number of ether oxygens (including phenoxy) is 2. The van der Waals surface area contributed by atoms with Gasteiger partial charge in [0.15, 0.2) is 5.78 Å². The van der Waals surface area contributed by atoms with E-state index >= 15 is 0 Å². The molecule has 0 radical (unpaired) electrons. The van der Waals surface area contributed by atoms with Crippen LogP contribution in [0.5, 0.6) is 11.5 Å². The van der Waals surface area contributed by atoms with Gasteiger partial charge in [0.25, 0.3) is 0 Å². The van der Waals surface area contributed by atoms with Crippen molar-refractivity contribution in [2.75, 3.05) is 25.1 Å². The number of ketones is 1. The minimum Gasteiger partial charge on any atom is -0.496 e. The zero-order valence-electron chi connectivity index (χ0n) is 18.8. The molecule has 0 atom stereocenters. The molecule has 4 nitrogen and oxygen atoms in total. The van der Waals surface area contributed by atoms with Crippen molar-refractivity contribution in [1.29, 1.82) is 0 Å². The van der Waals surface area contributed by atoms with E-state index in [9.17, 15) is 4.79 Å². The average molecular weight is 506 g/mol. The maximum atomic E-state index is 12.7. The third-order valence-corrected chi connectivity index (χ3v) is 6.29. The number of nitrogens with zero attached hydrogens (tertiary/aromatic N) is 1. The van der Waals surface area contributed by atoms with E-state index in [2.05, 4.69) is 33.0 Å². The minimum absolute atomic E-state index is 0.0112. The van der Waals surface area contributed by atoms with Gasteiger partial charge >= 0.3 is 0 Å². The predicted octanol–water partition coefficient (Wildman–Crippen LogP) is 6.92. The summed E-state index contributed by atoms with van der Waals surface area (Å²) in [6, 6.07) is 21.5. The number of hydrogen-bond acceptors (Lipinski definition) is 4. The maximum absolute atomic E-state index is 12.7. The summed E-state index contributed by atoms with van der Waals surface area (Å²) in [5.74, 6) is 1.51. The highest BCUT2D eigenvalue weighted by atomic mass is 79.9. The average Bonchev–Trinajstić information content (AvgIpc) is 2.86. The Morgan fingerprint density at radius 1 is 1.00 bits per heavy atom. The number of carbonyl (C=O) groups is 1. The zero-order chi connectivity index (χ0) is 23.0. The van der Waals surface area contributed by atoms with Crippen LogP contribution >= 0.6 is 15.9 Å². The molecule has 1 aliphatic rings. The van der Waals surface area contributed by atoms with Crippen LogP contribution in [0.15, 0.2) is 77.3 Å². The van der Waals surface area contributed by atoms with Gasteiger partial charge in [-0.15, -0.1) is 0 Å². The fourth-order valence-electron chi connectivity index (χ4n) is 3.99. The topological polar surface area (TPSA) is 38.8 Å². The molecule has 3 aromatic carbocycles. The molecule has 0 bridgehead atoms. The van der Waals surface area contributed by atoms with Crippen molar-refractivity contribution in [3.63, 3.8) is 0 Å². The number of anilines is 1. The van der Waals surface area contributed by atoms with Gasteiger partial charge in [-0.05, 0) is 85.5 Å². The van der Waals surface area contributed by atoms with Crippen molar-refractivity contribution < 1.29 is 14.3 Å². The summed E-state index contributed by atoms with van der Waals surface area (Å²) in [7, 11) is 1.64. The second-order valence-electron chi connectivity index (χ2n) is 8.11. The van der Waals surface area contributed by atoms with Crippen LogP contribution in [0.4, 0.5) is 5.69 Å². The Hall–Kier alpha value is -3.05. The second-order valence-corrected chi connectivity index (χ2v) is 9.03. The summed E-state index contributed by atoms with van der Waals surface area (Å²) in [6.45, 7) is 2.56. The van der Waals surface area contributed by atoms with Gasteiger partial charge in [-0.25, -0.2) is 0 Å². The molecule has 0 N–H and O–H groups in total. The van der Waals surface area contributed by atoms with Gasteiger partial charge in [0.1, 0.15) is 18.1 Å². The first kappa shape index (κ1) is 23.1. The largest absolute Gasteiger partial charge is 0.496 e.